The van der Waals surface area contributed by atoms with Gasteiger partial charge in [0.05, 0.1) is 35.1 Å². The van der Waals surface area contributed by atoms with Crippen LogP contribution < -0.4 is 30.3 Å². The molecule has 14 heteroatoms. The Bertz CT molecular complexity index is 1620. The van der Waals surface area contributed by atoms with Gasteiger partial charge in [0.1, 0.15) is 24.8 Å². The summed E-state index contributed by atoms with van der Waals surface area (Å²) in [5.41, 5.74) is 4.83. The van der Waals surface area contributed by atoms with Crippen molar-refractivity contribution in [3.05, 3.63) is 96.4 Å². The fraction of sp³-hybridized carbons (Fsp3) is 0.258. The summed E-state index contributed by atoms with van der Waals surface area (Å²) in [5.74, 6) is 0.240. The van der Waals surface area contributed by atoms with Crippen LogP contribution in [-0.2, 0) is 16.1 Å². The van der Waals surface area contributed by atoms with Gasteiger partial charge in [-0.15, -0.1) is 0 Å². The van der Waals surface area contributed by atoms with Gasteiger partial charge in [-0.05, 0) is 72.3 Å². The number of aliphatic hydroxyl groups excluding tert-OH is 1. The molecule has 0 unspecified atom stereocenters. The van der Waals surface area contributed by atoms with E-state index in [1.807, 2.05) is 6.07 Å². The molecule has 0 saturated carbocycles. The average Bonchev–Trinajstić information content (AvgIpc) is 3.00. The molecular weight excluding hydrogens is 766 g/mol. The predicted molar refractivity (Wildman–Crippen MR) is 177 cm³/mol. The second-order valence-electron chi connectivity index (χ2n) is 9.60. The van der Waals surface area contributed by atoms with Crippen LogP contribution in [-0.4, -0.2) is 49.9 Å². The number of benzene rings is 3. The van der Waals surface area contributed by atoms with Crippen LogP contribution in [0.2, 0.25) is 0 Å². The molecule has 0 radical (unpaired) electrons. The van der Waals surface area contributed by atoms with E-state index in [0.29, 0.717) is 46.2 Å². The Balaban J connectivity index is 1.43. The Kier molecular flexibility index (Phi) is 12.0. The first-order valence-corrected chi connectivity index (χ1v) is 15.6. The van der Waals surface area contributed by atoms with E-state index in [2.05, 4.69) is 59.7 Å². The van der Waals surface area contributed by atoms with Crippen molar-refractivity contribution >= 4 is 56.7 Å². The summed E-state index contributed by atoms with van der Waals surface area (Å²) < 4.78 is 38.1. The van der Waals surface area contributed by atoms with E-state index < -0.39 is 24.3 Å². The van der Waals surface area contributed by atoms with E-state index in [-0.39, 0.29) is 24.6 Å². The molecule has 0 bridgehead atoms. The SMILES string of the molecule is CCOc1cc([C@@H]2NC(=O)NC(C)=C2C(=O)OC)ccc1OC[C@@H](O)N/N=C/c1cc(Br)cc(I)c1OCc1ccccc1F. The molecule has 2 atom stereocenters. The molecule has 0 spiro atoms. The maximum Gasteiger partial charge on any atom is 0.337 e. The summed E-state index contributed by atoms with van der Waals surface area (Å²) in [4.78, 5) is 24.6. The van der Waals surface area contributed by atoms with Gasteiger partial charge in [-0.2, -0.15) is 5.10 Å². The van der Waals surface area contributed by atoms with E-state index in [0.717, 1.165) is 8.04 Å². The standard InChI is InChI=1S/C31H31BrFIN4O7/c1-4-43-25-12-18(28-27(30(40)42-3)17(2)36-31(41)37-28)9-10-24(25)44-16-26(39)38-35-14-20-11-21(32)13-23(34)29(20)45-15-19-7-5-6-8-22(19)33/h5-14,26,28,38-39H,4,15-16H2,1-3H3,(H2,36,37,41)/b35-14+/t26-,28+/m1/s1. The lowest BCUT2D eigenvalue weighted by atomic mass is 9.95. The molecule has 2 amide bonds. The summed E-state index contributed by atoms with van der Waals surface area (Å²) in [7, 11) is 1.27. The van der Waals surface area contributed by atoms with E-state index in [1.165, 1.54) is 19.4 Å². The smallest absolute Gasteiger partial charge is 0.337 e. The summed E-state index contributed by atoms with van der Waals surface area (Å²) in [5, 5.41) is 20.0. The van der Waals surface area contributed by atoms with Crippen LogP contribution in [0.15, 0.2) is 75.4 Å². The maximum atomic E-state index is 14.1. The van der Waals surface area contributed by atoms with Crippen molar-refractivity contribution in [1.29, 1.82) is 0 Å². The zero-order valence-corrected chi connectivity index (χ0v) is 28.3. The highest BCUT2D eigenvalue weighted by Gasteiger charge is 2.32. The monoisotopic (exact) mass is 796 g/mol. The zero-order valence-electron chi connectivity index (χ0n) is 24.5. The van der Waals surface area contributed by atoms with Crippen molar-refractivity contribution < 1.29 is 38.0 Å². The average molecular weight is 797 g/mol. The van der Waals surface area contributed by atoms with Gasteiger partial charge in [-0.25, -0.2) is 14.0 Å². The normalized spacial score (nSPS) is 15.3. The van der Waals surface area contributed by atoms with E-state index in [9.17, 15) is 19.1 Å². The number of hydrogen-bond donors (Lipinski definition) is 4. The number of carbonyl (C=O) groups is 2. The number of amides is 2. The maximum absolute atomic E-state index is 14.1. The molecule has 11 nitrogen and oxygen atoms in total. The second kappa shape index (κ2) is 15.9. The van der Waals surface area contributed by atoms with Gasteiger partial charge < -0.3 is 34.7 Å². The van der Waals surface area contributed by atoms with E-state index >= 15 is 0 Å². The van der Waals surface area contributed by atoms with Gasteiger partial charge in [-0.3, -0.25) is 5.43 Å². The first-order chi connectivity index (χ1) is 21.6. The topological polar surface area (TPSA) is 140 Å². The molecule has 0 aromatic heterocycles. The number of esters is 1. The van der Waals surface area contributed by atoms with Crippen molar-refractivity contribution in [3.8, 4) is 17.2 Å². The highest BCUT2D eigenvalue weighted by atomic mass is 127. The lowest BCUT2D eigenvalue weighted by Gasteiger charge is -2.28. The molecule has 4 N–H and O–H groups in total. The number of methoxy groups -OCH3 is 1. The minimum Gasteiger partial charge on any atom is -0.490 e. The number of nitrogens with zero attached hydrogens (tertiary/aromatic N) is 1. The molecule has 0 aliphatic carbocycles. The number of hydrogen-bond acceptors (Lipinski definition) is 9. The largest absolute Gasteiger partial charge is 0.490 e. The van der Waals surface area contributed by atoms with Crippen LogP contribution in [0.1, 0.15) is 36.6 Å². The lowest BCUT2D eigenvalue weighted by molar-refractivity contribution is -0.136. The Labute approximate surface area is 281 Å². The van der Waals surface area contributed by atoms with Crippen molar-refractivity contribution in [2.45, 2.75) is 32.7 Å². The molecule has 238 valence electrons. The van der Waals surface area contributed by atoms with Crippen LogP contribution in [0.25, 0.3) is 0 Å². The quantitative estimate of drug-likeness (QED) is 0.0602. The lowest BCUT2D eigenvalue weighted by Crippen LogP contribution is -2.45. The van der Waals surface area contributed by atoms with Gasteiger partial charge in [0, 0.05) is 21.3 Å². The Morgan fingerprint density at radius 2 is 1.96 bits per heavy atom. The molecule has 45 heavy (non-hydrogen) atoms. The van der Waals surface area contributed by atoms with Crippen molar-refractivity contribution in [2.24, 2.45) is 5.10 Å². The van der Waals surface area contributed by atoms with Crippen LogP contribution >= 0.6 is 38.5 Å². The Morgan fingerprint density at radius 1 is 1.18 bits per heavy atom. The molecule has 1 aliphatic heterocycles. The summed E-state index contributed by atoms with van der Waals surface area (Å²) in [6, 6.07) is 13.8. The van der Waals surface area contributed by atoms with E-state index in [4.69, 9.17) is 18.9 Å². The first kappa shape index (κ1) is 34.0. The van der Waals surface area contributed by atoms with Crippen LogP contribution in [0.4, 0.5) is 9.18 Å². The summed E-state index contributed by atoms with van der Waals surface area (Å²) in [6.45, 7) is 3.57. The van der Waals surface area contributed by atoms with Crippen molar-refractivity contribution in [3.63, 3.8) is 0 Å². The number of hydrazone groups is 1. The molecule has 3 aromatic carbocycles. The molecular formula is C31H31BrFIN4O7. The molecule has 4 rings (SSSR count). The Hall–Kier alpha value is -3.89. The zero-order chi connectivity index (χ0) is 32.5. The van der Waals surface area contributed by atoms with Crippen LogP contribution in [0, 0.1) is 9.39 Å². The Morgan fingerprint density at radius 3 is 2.69 bits per heavy atom. The van der Waals surface area contributed by atoms with Crippen molar-refractivity contribution in [2.75, 3.05) is 20.3 Å². The summed E-state index contributed by atoms with van der Waals surface area (Å²) in [6.07, 6.45) is 0.277. The summed E-state index contributed by atoms with van der Waals surface area (Å²) >= 11 is 5.58. The molecule has 1 heterocycles. The number of urea groups is 1. The number of carbonyl (C=O) groups excluding carboxylic acids is 2. The number of aliphatic hydroxyl groups is 1. The molecule has 1 aliphatic rings. The molecule has 0 saturated heterocycles. The number of nitrogens with one attached hydrogen (secondary N) is 3. The third-order valence-corrected chi connectivity index (χ3v) is 7.73. The van der Waals surface area contributed by atoms with Gasteiger partial charge in [0.2, 0.25) is 0 Å². The highest BCUT2D eigenvalue weighted by Crippen LogP contribution is 2.35. The number of rotatable bonds is 13. The van der Waals surface area contributed by atoms with Gasteiger partial charge >= 0.3 is 12.0 Å². The third kappa shape index (κ3) is 8.85. The minimum atomic E-state index is -1.20. The molecule has 3 aromatic rings. The van der Waals surface area contributed by atoms with Gasteiger partial charge in [-0.1, -0.05) is 40.2 Å². The molecule has 0 fully saturated rings. The second-order valence-corrected chi connectivity index (χ2v) is 11.7. The number of allylic oxidation sites excluding steroid dienone is 1. The van der Waals surface area contributed by atoms with Gasteiger partial charge in [0.15, 0.2) is 17.7 Å². The number of halogens is 3. The number of ether oxygens (including phenoxy) is 4. The van der Waals surface area contributed by atoms with E-state index in [1.54, 1.807) is 56.3 Å². The third-order valence-electron chi connectivity index (χ3n) is 6.47. The minimum absolute atomic E-state index is 0.0277. The fourth-order valence-electron chi connectivity index (χ4n) is 4.41. The van der Waals surface area contributed by atoms with Crippen molar-refractivity contribution in [1.82, 2.24) is 16.1 Å². The van der Waals surface area contributed by atoms with Crippen LogP contribution in [0.5, 0.6) is 17.2 Å². The first-order valence-electron chi connectivity index (χ1n) is 13.7. The van der Waals surface area contributed by atoms with Crippen LogP contribution in [0.3, 0.4) is 0 Å². The predicted octanol–water partition coefficient (Wildman–Crippen LogP) is 5.29. The highest BCUT2D eigenvalue weighted by molar-refractivity contribution is 14.1. The fourth-order valence-corrected chi connectivity index (χ4v) is 6.11. The van der Waals surface area contributed by atoms with Gasteiger partial charge in [0.25, 0.3) is 0 Å².